The van der Waals surface area contributed by atoms with Crippen molar-refractivity contribution in [2.75, 3.05) is 41.7 Å². The Bertz CT molecular complexity index is 1430. The fraction of sp³-hybridized carbons (Fsp3) is 0.414. The SMILES string of the molecule is CC(C)(C)NCCNc1cc(C2=CCN(c3ncnc4c3C(C)(C)C(=O)N4)CC2)nc(-c2cncc(F)c2)c1. The monoisotopic (exact) mass is 530 g/mol. The van der Waals surface area contributed by atoms with Gasteiger partial charge in [-0.25, -0.2) is 19.3 Å². The Morgan fingerprint density at radius 3 is 2.62 bits per heavy atom. The summed E-state index contributed by atoms with van der Waals surface area (Å²) in [5.41, 5.74) is 4.31. The van der Waals surface area contributed by atoms with Gasteiger partial charge in [0.25, 0.3) is 0 Å². The highest BCUT2D eigenvalue weighted by atomic mass is 19.1. The summed E-state index contributed by atoms with van der Waals surface area (Å²) in [6, 6.07) is 5.43. The number of carbonyl (C=O) groups is 1. The van der Waals surface area contributed by atoms with Crippen LogP contribution in [-0.2, 0) is 10.2 Å². The first-order chi connectivity index (χ1) is 18.5. The zero-order valence-corrected chi connectivity index (χ0v) is 23.1. The minimum Gasteiger partial charge on any atom is -0.384 e. The van der Waals surface area contributed by atoms with Crippen LogP contribution >= 0.6 is 0 Å². The molecule has 3 N–H and O–H groups in total. The first-order valence-corrected chi connectivity index (χ1v) is 13.2. The molecule has 0 saturated carbocycles. The number of aromatic nitrogens is 4. The smallest absolute Gasteiger partial charge is 0.235 e. The summed E-state index contributed by atoms with van der Waals surface area (Å²) in [6.07, 6.45) is 7.21. The number of rotatable bonds is 7. The standard InChI is InChI=1S/C29H35FN8O/c1-28(2,3)35-9-8-32-21-13-22(36-23(14-21)19-12-20(30)16-31-15-19)18-6-10-38(11-7-18)26-24-25(33-17-34-26)37-27(39)29(24,4)5/h6,12-17,35H,7-11H2,1-5H3,(H,32,36)(H,33,34,37,39). The van der Waals surface area contributed by atoms with E-state index >= 15 is 0 Å². The number of anilines is 3. The van der Waals surface area contributed by atoms with Crippen molar-refractivity contribution in [1.82, 2.24) is 25.3 Å². The molecule has 0 aliphatic carbocycles. The average Bonchev–Trinajstić information content (AvgIpc) is 3.14. The molecule has 9 nitrogen and oxygen atoms in total. The van der Waals surface area contributed by atoms with Crippen molar-refractivity contribution in [2.45, 2.75) is 52.0 Å². The van der Waals surface area contributed by atoms with E-state index in [2.05, 4.69) is 62.6 Å². The molecule has 5 heterocycles. The number of pyridine rings is 2. The number of nitrogens with zero attached hydrogens (tertiary/aromatic N) is 5. The number of amides is 1. The van der Waals surface area contributed by atoms with Crippen LogP contribution in [0.15, 0.2) is 43.0 Å². The summed E-state index contributed by atoms with van der Waals surface area (Å²) in [6.45, 7) is 13.1. The highest BCUT2D eigenvalue weighted by Crippen LogP contribution is 2.41. The number of nitrogens with one attached hydrogen (secondary N) is 3. The quantitative estimate of drug-likeness (QED) is 0.386. The van der Waals surface area contributed by atoms with Crippen molar-refractivity contribution in [3.8, 4) is 11.3 Å². The fourth-order valence-electron chi connectivity index (χ4n) is 4.90. The molecule has 0 fully saturated rings. The second-order valence-electron chi connectivity index (χ2n) is 11.5. The first kappa shape index (κ1) is 26.7. The van der Waals surface area contributed by atoms with E-state index in [1.165, 1.54) is 18.6 Å². The van der Waals surface area contributed by atoms with Gasteiger partial charge in [0.1, 0.15) is 23.8 Å². The van der Waals surface area contributed by atoms with Crippen LogP contribution in [0.5, 0.6) is 0 Å². The molecule has 1 amide bonds. The maximum absolute atomic E-state index is 14.0. The highest BCUT2D eigenvalue weighted by molar-refractivity contribution is 6.06. The third kappa shape index (κ3) is 5.75. The number of hydrogen-bond donors (Lipinski definition) is 3. The Hall–Kier alpha value is -3.92. The number of carbonyl (C=O) groups excluding carboxylic acids is 1. The van der Waals surface area contributed by atoms with Gasteiger partial charge < -0.3 is 20.9 Å². The molecule has 0 spiro atoms. The van der Waals surface area contributed by atoms with Crippen LogP contribution in [0, 0.1) is 5.82 Å². The molecule has 0 radical (unpaired) electrons. The minimum atomic E-state index is -0.701. The lowest BCUT2D eigenvalue weighted by molar-refractivity contribution is -0.119. The Kier molecular flexibility index (Phi) is 7.07. The Morgan fingerprint density at radius 2 is 1.90 bits per heavy atom. The number of hydrogen-bond acceptors (Lipinski definition) is 8. The van der Waals surface area contributed by atoms with E-state index in [-0.39, 0.29) is 11.4 Å². The number of fused-ring (bicyclic) bond motifs is 1. The zero-order chi connectivity index (χ0) is 27.8. The summed E-state index contributed by atoms with van der Waals surface area (Å²) >= 11 is 0. The Morgan fingerprint density at radius 1 is 1.10 bits per heavy atom. The van der Waals surface area contributed by atoms with Gasteiger partial charge in [0.2, 0.25) is 5.91 Å². The molecule has 2 aliphatic heterocycles. The van der Waals surface area contributed by atoms with Crippen LogP contribution in [0.2, 0.25) is 0 Å². The topological polar surface area (TPSA) is 108 Å². The minimum absolute atomic E-state index is 0.0324. The van der Waals surface area contributed by atoms with Crippen molar-refractivity contribution < 1.29 is 9.18 Å². The molecule has 0 atom stereocenters. The predicted molar refractivity (Wildman–Crippen MR) is 152 cm³/mol. The van der Waals surface area contributed by atoms with Crippen LogP contribution < -0.4 is 20.9 Å². The maximum atomic E-state index is 14.0. The third-order valence-corrected chi connectivity index (χ3v) is 7.02. The predicted octanol–water partition coefficient (Wildman–Crippen LogP) is 4.40. The summed E-state index contributed by atoms with van der Waals surface area (Å²) in [5, 5.41) is 9.84. The van der Waals surface area contributed by atoms with Crippen molar-refractivity contribution in [3.63, 3.8) is 0 Å². The summed E-state index contributed by atoms with van der Waals surface area (Å²) in [7, 11) is 0. The largest absolute Gasteiger partial charge is 0.384 e. The molecule has 39 heavy (non-hydrogen) atoms. The molecule has 0 aromatic carbocycles. The molecule has 0 bridgehead atoms. The van der Waals surface area contributed by atoms with Gasteiger partial charge in [-0.15, -0.1) is 0 Å². The average molecular weight is 531 g/mol. The fourth-order valence-corrected chi connectivity index (χ4v) is 4.90. The Labute approximate surface area is 228 Å². The lowest BCUT2D eigenvalue weighted by Crippen LogP contribution is -2.38. The van der Waals surface area contributed by atoms with Crippen LogP contribution in [-0.4, -0.2) is 57.6 Å². The van der Waals surface area contributed by atoms with Gasteiger partial charge in [-0.1, -0.05) is 6.08 Å². The van der Waals surface area contributed by atoms with Gasteiger partial charge in [-0.05, 0) is 64.8 Å². The van der Waals surface area contributed by atoms with Crippen LogP contribution in [0.3, 0.4) is 0 Å². The van der Waals surface area contributed by atoms with Gasteiger partial charge >= 0.3 is 0 Å². The van der Waals surface area contributed by atoms with Crippen LogP contribution in [0.1, 0.15) is 52.3 Å². The van der Waals surface area contributed by atoms with Crippen LogP contribution in [0.4, 0.5) is 21.7 Å². The highest BCUT2D eigenvalue weighted by Gasteiger charge is 2.43. The molecule has 0 saturated heterocycles. The molecular weight excluding hydrogens is 495 g/mol. The van der Waals surface area contributed by atoms with Crippen molar-refractivity contribution in [1.29, 1.82) is 0 Å². The Balaban J connectivity index is 1.41. The second kappa shape index (κ2) is 10.3. The maximum Gasteiger partial charge on any atom is 0.235 e. The molecule has 0 unspecified atom stereocenters. The van der Waals surface area contributed by atoms with E-state index in [9.17, 15) is 9.18 Å². The van der Waals surface area contributed by atoms with Crippen molar-refractivity contribution >= 4 is 28.8 Å². The summed E-state index contributed by atoms with van der Waals surface area (Å²) < 4.78 is 14.0. The van der Waals surface area contributed by atoms with E-state index in [0.717, 1.165) is 47.8 Å². The zero-order valence-electron chi connectivity index (χ0n) is 23.1. The molecule has 3 aromatic heterocycles. The van der Waals surface area contributed by atoms with E-state index < -0.39 is 11.2 Å². The van der Waals surface area contributed by atoms with Crippen LogP contribution in [0.25, 0.3) is 16.8 Å². The third-order valence-electron chi connectivity index (χ3n) is 7.02. The van der Waals surface area contributed by atoms with Gasteiger partial charge in [-0.3, -0.25) is 9.78 Å². The van der Waals surface area contributed by atoms with Crippen molar-refractivity contribution in [2.24, 2.45) is 0 Å². The molecular formula is C29H35FN8O. The molecule has 2 aliphatic rings. The summed E-state index contributed by atoms with van der Waals surface area (Å²) in [4.78, 5) is 32.4. The van der Waals surface area contributed by atoms with Crippen molar-refractivity contribution in [3.05, 3.63) is 60.1 Å². The van der Waals surface area contributed by atoms with E-state index in [0.29, 0.717) is 30.2 Å². The number of halogens is 1. The van der Waals surface area contributed by atoms with Gasteiger partial charge in [0.15, 0.2) is 0 Å². The molecule has 3 aromatic rings. The first-order valence-electron chi connectivity index (χ1n) is 13.2. The second-order valence-corrected chi connectivity index (χ2v) is 11.5. The molecule has 5 rings (SSSR count). The molecule has 10 heteroatoms. The van der Waals surface area contributed by atoms with Gasteiger partial charge in [-0.2, -0.15) is 0 Å². The lowest BCUT2D eigenvalue weighted by atomic mass is 9.86. The van der Waals surface area contributed by atoms with E-state index in [1.807, 2.05) is 26.0 Å². The van der Waals surface area contributed by atoms with E-state index in [1.54, 1.807) is 6.20 Å². The summed E-state index contributed by atoms with van der Waals surface area (Å²) in [5.74, 6) is 0.891. The van der Waals surface area contributed by atoms with Gasteiger partial charge in [0, 0.05) is 49.2 Å². The normalized spacial score (nSPS) is 16.5. The van der Waals surface area contributed by atoms with E-state index in [4.69, 9.17) is 4.98 Å². The lowest BCUT2D eigenvalue weighted by Gasteiger charge is -2.30. The molecule has 204 valence electrons. The van der Waals surface area contributed by atoms with Gasteiger partial charge in [0.05, 0.1) is 28.6 Å².